The molecule has 0 saturated heterocycles. The average molecular weight is 472 g/mol. The second-order valence-electron chi connectivity index (χ2n) is 11.2. The summed E-state index contributed by atoms with van der Waals surface area (Å²) >= 11 is 0. The number of benzene rings is 1. The van der Waals surface area contributed by atoms with Crippen molar-refractivity contribution in [2.45, 2.75) is 80.2 Å². The second-order valence-corrected chi connectivity index (χ2v) is 11.2. The Labute approximate surface area is 212 Å². The van der Waals surface area contributed by atoms with Crippen molar-refractivity contribution in [1.82, 2.24) is 0 Å². The largest absolute Gasteiger partial charge is 0.423 e. The monoisotopic (exact) mass is 471 g/mol. The van der Waals surface area contributed by atoms with E-state index in [9.17, 15) is 4.79 Å². The first kappa shape index (κ1) is 26.5. The van der Waals surface area contributed by atoms with Gasteiger partial charge < -0.3 is 10.1 Å². The minimum atomic E-state index is -0.375. The van der Waals surface area contributed by atoms with E-state index < -0.39 is 0 Å². The minimum absolute atomic E-state index is 0.0905. The molecule has 0 bridgehead atoms. The van der Waals surface area contributed by atoms with Crippen LogP contribution >= 0.6 is 0 Å². The van der Waals surface area contributed by atoms with Crippen LogP contribution in [0.1, 0.15) is 80.2 Å². The number of carbonyl (C=O) groups is 1. The van der Waals surface area contributed by atoms with Gasteiger partial charge in [0.2, 0.25) is 0 Å². The zero-order chi connectivity index (χ0) is 25.8. The van der Waals surface area contributed by atoms with Crippen molar-refractivity contribution < 1.29 is 9.53 Å². The summed E-state index contributed by atoms with van der Waals surface area (Å²) in [5.41, 5.74) is 8.42. The van der Waals surface area contributed by atoms with Crippen LogP contribution in [0.15, 0.2) is 83.0 Å². The van der Waals surface area contributed by atoms with Gasteiger partial charge in [0.25, 0.3) is 0 Å². The quantitative estimate of drug-likeness (QED) is 0.195. The zero-order valence-corrected chi connectivity index (χ0v) is 22.7. The van der Waals surface area contributed by atoms with E-state index in [2.05, 4.69) is 78.1 Å². The first-order valence-electron chi connectivity index (χ1n) is 12.6. The molecule has 0 spiro atoms. The summed E-state index contributed by atoms with van der Waals surface area (Å²) in [6.45, 7) is 17.3. The van der Waals surface area contributed by atoms with Gasteiger partial charge in [-0.1, -0.05) is 61.4 Å². The fraction of sp³-hybridized carbons (Fsp3) is 0.406. The third-order valence-electron chi connectivity index (χ3n) is 6.79. The number of anilines is 1. The molecular formula is C32H41NO2. The Balaban J connectivity index is 1.61. The normalized spacial score (nSPS) is 20.1. The molecule has 1 aliphatic carbocycles. The summed E-state index contributed by atoms with van der Waals surface area (Å²) in [7, 11) is 0. The van der Waals surface area contributed by atoms with Crippen LogP contribution in [-0.2, 0) is 4.79 Å². The number of ether oxygens (including phenoxy) is 1. The van der Waals surface area contributed by atoms with Gasteiger partial charge >= 0.3 is 5.97 Å². The van der Waals surface area contributed by atoms with Crippen LogP contribution < -0.4 is 10.1 Å². The highest BCUT2D eigenvalue weighted by molar-refractivity contribution is 5.86. The van der Waals surface area contributed by atoms with Gasteiger partial charge in [-0.2, -0.15) is 0 Å². The molecule has 0 atom stereocenters. The van der Waals surface area contributed by atoms with E-state index in [1.165, 1.54) is 47.6 Å². The third-order valence-corrected chi connectivity index (χ3v) is 6.79. The van der Waals surface area contributed by atoms with Crippen molar-refractivity contribution in [2.75, 3.05) is 5.32 Å². The number of rotatable bonds is 6. The van der Waals surface area contributed by atoms with E-state index in [0.29, 0.717) is 5.75 Å². The summed E-state index contributed by atoms with van der Waals surface area (Å²) < 4.78 is 5.58. The molecule has 1 aromatic carbocycles. The smallest absolute Gasteiger partial charge is 0.336 e. The van der Waals surface area contributed by atoms with Gasteiger partial charge in [0.1, 0.15) is 5.75 Å². The van der Waals surface area contributed by atoms with Crippen LogP contribution in [0.25, 0.3) is 5.57 Å². The van der Waals surface area contributed by atoms with E-state index in [1.54, 1.807) is 0 Å². The lowest BCUT2D eigenvalue weighted by Crippen LogP contribution is -2.31. The molecule has 3 heteroatoms. The van der Waals surface area contributed by atoms with E-state index in [1.807, 2.05) is 37.3 Å². The second kappa shape index (κ2) is 10.7. The fourth-order valence-electron chi connectivity index (χ4n) is 5.04. The van der Waals surface area contributed by atoms with Gasteiger partial charge in [-0.05, 0) is 101 Å². The number of fused-ring (bicyclic) bond motifs is 1. The van der Waals surface area contributed by atoms with Crippen molar-refractivity contribution in [2.24, 2.45) is 5.41 Å². The number of nitrogens with one attached hydrogen (secondary N) is 1. The third kappa shape index (κ3) is 7.21. The zero-order valence-electron chi connectivity index (χ0n) is 22.7. The maximum Gasteiger partial charge on any atom is 0.336 e. The molecule has 0 saturated carbocycles. The lowest BCUT2D eigenvalue weighted by atomic mass is 9.72. The Morgan fingerprint density at radius 3 is 2.51 bits per heavy atom. The maximum absolute atomic E-state index is 12.4. The average Bonchev–Trinajstić information content (AvgIpc) is 2.72. The molecule has 186 valence electrons. The Kier molecular flexibility index (Phi) is 8.10. The molecular weight excluding hydrogens is 430 g/mol. The predicted molar refractivity (Wildman–Crippen MR) is 150 cm³/mol. The molecule has 35 heavy (non-hydrogen) atoms. The fourth-order valence-corrected chi connectivity index (χ4v) is 5.04. The number of carbonyl (C=O) groups excluding carboxylic acids is 1. The molecule has 3 nitrogen and oxygen atoms in total. The summed E-state index contributed by atoms with van der Waals surface area (Å²) in [5.74, 6) is 0.174. The lowest BCUT2D eigenvalue weighted by molar-refractivity contribution is -0.129. The molecule has 0 fully saturated rings. The van der Waals surface area contributed by atoms with Gasteiger partial charge in [0, 0.05) is 17.3 Å². The van der Waals surface area contributed by atoms with Gasteiger partial charge in [-0.25, -0.2) is 4.79 Å². The summed E-state index contributed by atoms with van der Waals surface area (Å²) in [4.78, 5) is 12.4. The van der Waals surface area contributed by atoms with Gasteiger partial charge in [-0.15, -0.1) is 0 Å². The SMILES string of the molecule is CC1=CC(C)(C)Nc2ccc(OC(=O)/C=C(C)/C=C/C=C(C)/C=C/C3=C(C)CCCC3(C)C)cc21. The van der Waals surface area contributed by atoms with Crippen molar-refractivity contribution in [3.05, 3.63) is 88.6 Å². The highest BCUT2D eigenvalue weighted by atomic mass is 16.5. The van der Waals surface area contributed by atoms with Crippen molar-refractivity contribution in [3.8, 4) is 5.75 Å². The standard InChI is InChI=1S/C32H41NO2/c1-22(14-16-28-24(3)13-10-18-31(28,5)6)11-9-12-23(2)19-30(34)35-26-15-17-29-27(20-26)25(4)21-32(7,8)33-29/h9,11-12,14-17,19-21,33H,10,13,18H2,1-8H3/b12-9+,16-14+,22-11+,23-19+. The van der Waals surface area contributed by atoms with Crippen LogP contribution in [0.3, 0.4) is 0 Å². The molecule has 0 radical (unpaired) electrons. The Morgan fingerprint density at radius 2 is 1.80 bits per heavy atom. The first-order chi connectivity index (χ1) is 16.4. The number of allylic oxidation sites excluding steroid dienone is 10. The van der Waals surface area contributed by atoms with Crippen molar-refractivity contribution in [1.29, 1.82) is 0 Å². The minimum Gasteiger partial charge on any atom is -0.423 e. The number of hydrogen-bond donors (Lipinski definition) is 1. The maximum atomic E-state index is 12.4. The van der Waals surface area contributed by atoms with E-state index in [4.69, 9.17) is 4.74 Å². The highest BCUT2D eigenvalue weighted by Crippen LogP contribution is 2.41. The number of esters is 1. The summed E-state index contributed by atoms with van der Waals surface area (Å²) in [5, 5.41) is 3.49. The van der Waals surface area contributed by atoms with Crippen LogP contribution in [0.4, 0.5) is 5.69 Å². The molecule has 1 aromatic rings. The van der Waals surface area contributed by atoms with Gasteiger partial charge in [0.05, 0.1) is 5.54 Å². The van der Waals surface area contributed by atoms with E-state index >= 15 is 0 Å². The summed E-state index contributed by atoms with van der Waals surface area (Å²) in [6, 6.07) is 5.73. The first-order valence-corrected chi connectivity index (χ1v) is 12.6. The molecule has 1 N–H and O–H groups in total. The van der Waals surface area contributed by atoms with Gasteiger partial charge in [-0.3, -0.25) is 0 Å². The Morgan fingerprint density at radius 1 is 1.06 bits per heavy atom. The molecule has 0 unspecified atom stereocenters. The predicted octanol–water partition coefficient (Wildman–Crippen LogP) is 8.73. The van der Waals surface area contributed by atoms with Crippen LogP contribution in [0.2, 0.25) is 0 Å². The topological polar surface area (TPSA) is 38.3 Å². The lowest BCUT2D eigenvalue weighted by Gasteiger charge is -2.32. The number of hydrogen-bond acceptors (Lipinski definition) is 3. The van der Waals surface area contributed by atoms with Crippen LogP contribution in [0, 0.1) is 5.41 Å². The molecule has 2 aliphatic rings. The highest BCUT2D eigenvalue weighted by Gasteiger charge is 2.26. The molecule has 3 rings (SSSR count). The molecule has 1 aliphatic heterocycles. The molecule has 1 heterocycles. The van der Waals surface area contributed by atoms with E-state index in [0.717, 1.165) is 16.8 Å². The molecule has 0 amide bonds. The van der Waals surface area contributed by atoms with Crippen molar-refractivity contribution >= 4 is 17.2 Å². The van der Waals surface area contributed by atoms with Crippen LogP contribution in [0.5, 0.6) is 5.75 Å². The summed E-state index contributed by atoms with van der Waals surface area (Å²) in [6.07, 6.45) is 17.9. The van der Waals surface area contributed by atoms with Crippen molar-refractivity contribution in [3.63, 3.8) is 0 Å². The van der Waals surface area contributed by atoms with E-state index in [-0.39, 0.29) is 16.9 Å². The molecule has 0 aromatic heterocycles. The Bertz CT molecular complexity index is 1170. The van der Waals surface area contributed by atoms with Gasteiger partial charge in [0.15, 0.2) is 0 Å². The van der Waals surface area contributed by atoms with Crippen LogP contribution in [-0.4, -0.2) is 11.5 Å². The Hall–Kier alpha value is -3.07.